The number of hydrogen-bond acceptors (Lipinski definition) is 6. The number of fused-ring (bicyclic) bond motifs is 2. The van der Waals surface area contributed by atoms with Crippen molar-refractivity contribution in [2.24, 2.45) is 17.8 Å². The van der Waals surface area contributed by atoms with Gasteiger partial charge in [-0.25, -0.2) is 0 Å². The maximum atomic E-state index is 14.3. The monoisotopic (exact) mass is 490 g/mol. The van der Waals surface area contributed by atoms with Gasteiger partial charge in [0.1, 0.15) is 6.04 Å². The molecule has 0 aliphatic carbocycles. The van der Waals surface area contributed by atoms with Crippen molar-refractivity contribution in [2.75, 3.05) is 19.8 Å². The van der Waals surface area contributed by atoms with Crippen molar-refractivity contribution in [3.63, 3.8) is 0 Å². The molecule has 4 aliphatic rings. The second-order valence-electron chi connectivity index (χ2n) is 10.9. The summed E-state index contributed by atoms with van der Waals surface area (Å²) < 4.78 is 4.08. The molecule has 2 saturated heterocycles. The number of cyclic esters (lactones) is 1. The van der Waals surface area contributed by atoms with E-state index >= 15 is 0 Å². The van der Waals surface area contributed by atoms with Crippen LogP contribution >= 0.6 is 11.8 Å². The Balaban J connectivity index is 1.90. The van der Waals surface area contributed by atoms with Gasteiger partial charge in [-0.05, 0) is 46.0 Å². The lowest BCUT2D eigenvalue weighted by atomic mass is 9.74. The van der Waals surface area contributed by atoms with Gasteiger partial charge in [-0.1, -0.05) is 38.2 Å². The van der Waals surface area contributed by atoms with Crippen molar-refractivity contribution in [1.82, 2.24) is 9.80 Å². The van der Waals surface area contributed by atoms with Crippen LogP contribution in [-0.2, 0) is 19.1 Å². The molecule has 0 bridgehead atoms. The van der Waals surface area contributed by atoms with Crippen LogP contribution in [0.1, 0.15) is 53.9 Å². The number of thioether (sulfide) groups is 1. The standard InChI is InChI=1S/C26H38N2O5S/c1-16(2)14-18(15-29)28-21-23(31)27(17(3)4)12-9-11-26(21)19(22(28)30)20-24(32)33-13-8-6-7-10-25(20,5)34-26/h7,9-11,16-21,29H,6,8,12-15H2,1-5H3/b10-7-/t18-,19+,20+,21?,25-,26+/m1/s1. The second kappa shape index (κ2) is 9.34. The number of aliphatic hydroxyl groups is 1. The summed E-state index contributed by atoms with van der Waals surface area (Å²) in [5, 5.41) is 10.3. The predicted octanol–water partition coefficient (Wildman–Crippen LogP) is 2.78. The van der Waals surface area contributed by atoms with Crippen LogP contribution in [0.3, 0.4) is 0 Å². The van der Waals surface area contributed by atoms with E-state index in [0.29, 0.717) is 19.6 Å². The highest BCUT2D eigenvalue weighted by Gasteiger charge is 2.74. The molecule has 0 aromatic carbocycles. The van der Waals surface area contributed by atoms with E-state index in [-0.39, 0.29) is 36.4 Å². The highest BCUT2D eigenvalue weighted by Crippen LogP contribution is 2.65. The minimum absolute atomic E-state index is 0.0370. The normalized spacial score (nSPS) is 37.5. The molecule has 7 nitrogen and oxygen atoms in total. The molecule has 1 spiro atoms. The Labute approximate surface area is 206 Å². The Kier molecular flexibility index (Phi) is 6.95. The maximum Gasteiger partial charge on any atom is 0.311 e. The molecule has 0 aromatic rings. The number of rotatable bonds is 5. The highest BCUT2D eigenvalue weighted by molar-refractivity contribution is 8.02. The second-order valence-corrected chi connectivity index (χ2v) is 12.7. The van der Waals surface area contributed by atoms with Crippen molar-refractivity contribution in [3.05, 3.63) is 24.3 Å². The van der Waals surface area contributed by atoms with Crippen LogP contribution in [0.2, 0.25) is 0 Å². The summed E-state index contributed by atoms with van der Waals surface area (Å²) >= 11 is 1.55. The van der Waals surface area contributed by atoms with Gasteiger partial charge in [0.15, 0.2) is 0 Å². The van der Waals surface area contributed by atoms with Gasteiger partial charge in [0, 0.05) is 17.3 Å². The number of aliphatic hydroxyl groups excluding tert-OH is 1. The first kappa shape index (κ1) is 25.3. The van der Waals surface area contributed by atoms with Crippen LogP contribution < -0.4 is 0 Å². The van der Waals surface area contributed by atoms with Crippen molar-refractivity contribution in [2.45, 2.75) is 81.5 Å². The largest absolute Gasteiger partial charge is 0.465 e. The van der Waals surface area contributed by atoms with E-state index in [4.69, 9.17) is 4.74 Å². The zero-order chi connectivity index (χ0) is 24.8. The number of esters is 1. The number of carbonyl (C=O) groups excluding carboxylic acids is 3. The number of amides is 2. The summed E-state index contributed by atoms with van der Waals surface area (Å²) in [5.74, 6) is -1.90. The Hall–Kier alpha value is -1.80. The summed E-state index contributed by atoms with van der Waals surface area (Å²) in [4.78, 5) is 45.2. The summed E-state index contributed by atoms with van der Waals surface area (Å²) in [6.45, 7) is 10.6. The van der Waals surface area contributed by atoms with Crippen LogP contribution in [0.4, 0.5) is 0 Å². The van der Waals surface area contributed by atoms with Crippen molar-refractivity contribution >= 4 is 29.5 Å². The molecule has 188 valence electrons. The fourth-order valence-corrected chi connectivity index (χ4v) is 8.41. The van der Waals surface area contributed by atoms with Crippen LogP contribution in [0.25, 0.3) is 0 Å². The molecule has 1 unspecified atom stereocenters. The SMILES string of the molecule is CC(C)C[C@H](CO)N1C(=O)[C@@H]2[C@H]3C(=O)OCCC/C=C\[C@@]3(C)S[C@@]23C=CCN(C(C)C)C(=O)C13. The van der Waals surface area contributed by atoms with Gasteiger partial charge >= 0.3 is 5.97 Å². The molecule has 0 radical (unpaired) electrons. The highest BCUT2D eigenvalue weighted by atomic mass is 32.2. The lowest BCUT2D eigenvalue weighted by Crippen LogP contribution is -2.57. The molecular formula is C26H38N2O5S. The average Bonchev–Trinajstić information content (AvgIpc) is 3.11. The predicted molar refractivity (Wildman–Crippen MR) is 132 cm³/mol. The minimum Gasteiger partial charge on any atom is -0.465 e. The molecule has 8 heteroatoms. The first-order valence-corrected chi connectivity index (χ1v) is 13.3. The van der Waals surface area contributed by atoms with E-state index in [1.165, 1.54) is 0 Å². The lowest BCUT2D eigenvalue weighted by molar-refractivity contribution is -0.154. The summed E-state index contributed by atoms with van der Waals surface area (Å²) in [6, 6.07) is -1.30. The minimum atomic E-state index is -0.899. The van der Waals surface area contributed by atoms with Gasteiger partial charge < -0.3 is 19.6 Å². The summed E-state index contributed by atoms with van der Waals surface area (Å²) in [6.07, 6.45) is 10.3. The van der Waals surface area contributed by atoms with Gasteiger partial charge in [-0.3, -0.25) is 14.4 Å². The third kappa shape index (κ3) is 3.91. The summed E-state index contributed by atoms with van der Waals surface area (Å²) in [7, 11) is 0. The first-order valence-electron chi connectivity index (χ1n) is 12.5. The van der Waals surface area contributed by atoms with E-state index in [2.05, 4.69) is 12.2 Å². The smallest absolute Gasteiger partial charge is 0.311 e. The number of carbonyl (C=O) groups is 3. The molecule has 2 amide bonds. The van der Waals surface area contributed by atoms with E-state index < -0.39 is 33.4 Å². The van der Waals surface area contributed by atoms with Crippen LogP contribution in [0.15, 0.2) is 24.3 Å². The number of nitrogens with zero attached hydrogens (tertiary/aromatic N) is 2. The van der Waals surface area contributed by atoms with Gasteiger partial charge in [-0.2, -0.15) is 0 Å². The third-order valence-electron chi connectivity index (χ3n) is 7.69. The Morgan fingerprint density at radius 2 is 1.85 bits per heavy atom. The van der Waals surface area contributed by atoms with Crippen LogP contribution in [0, 0.1) is 17.8 Å². The topological polar surface area (TPSA) is 87.2 Å². The van der Waals surface area contributed by atoms with Gasteiger partial charge in [-0.15, -0.1) is 11.8 Å². The number of ether oxygens (including phenoxy) is 1. The Morgan fingerprint density at radius 3 is 2.50 bits per heavy atom. The van der Waals surface area contributed by atoms with E-state index in [9.17, 15) is 19.5 Å². The van der Waals surface area contributed by atoms with Crippen LogP contribution in [0.5, 0.6) is 0 Å². The van der Waals surface area contributed by atoms with E-state index in [0.717, 1.165) is 12.8 Å². The van der Waals surface area contributed by atoms with Gasteiger partial charge in [0.05, 0.1) is 35.8 Å². The molecule has 4 aliphatic heterocycles. The lowest BCUT2D eigenvalue weighted by Gasteiger charge is -2.40. The number of allylic oxidation sites excluding steroid dienone is 1. The van der Waals surface area contributed by atoms with E-state index in [1.807, 2.05) is 46.8 Å². The molecule has 0 saturated carbocycles. The molecule has 4 heterocycles. The molecule has 34 heavy (non-hydrogen) atoms. The average molecular weight is 491 g/mol. The maximum absolute atomic E-state index is 14.3. The fraction of sp³-hybridized carbons (Fsp3) is 0.731. The van der Waals surface area contributed by atoms with E-state index in [1.54, 1.807) is 21.6 Å². The number of hydrogen-bond donors (Lipinski definition) is 1. The molecule has 0 aromatic heterocycles. The molecule has 6 atom stereocenters. The molecule has 2 fully saturated rings. The molecular weight excluding hydrogens is 452 g/mol. The van der Waals surface area contributed by atoms with Gasteiger partial charge in [0.2, 0.25) is 11.8 Å². The van der Waals surface area contributed by atoms with Crippen molar-refractivity contribution in [1.29, 1.82) is 0 Å². The Bertz CT molecular complexity index is 902. The summed E-state index contributed by atoms with van der Waals surface area (Å²) in [5.41, 5.74) is 0. The number of likely N-dealkylation sites (tertiary alicyclic amines) is 1. The first-order chi connectivity index (χ1) is 16.1. The van der Waals surface area contributed by atoms with Crippen LogP contribution in [-0.4, -0.2) is 80.1 Å². The Morgan fingerprint density at radius 1 is 1.12 bits per heavy atom. The van der Waals surface area contributed by atoms with Crippen molar-refractivity contribution < 1.29 is 24.2 Å². The van der Waals surface area contributed by atoms with Gasteiger partial charge in [0.25, 0.3) is 0 Å². The molecule has 1 N–H and O–H groups in total. The fourth-order valence-electron chi connectivity index (χ4n) is 6.27. The zero-order valence-corrected chi connectivity index (χ0v) is 21.7. The molecule has 4 rings (SSSR count). The quantitative estimate of drug-likeness (QED) is 0.471. The van der Waals surface area contributed by atoms with Crippen molar-refractivity contribution in [3.8, 4) is 0 Å². The zero-order valence-electron chi connectivity index (χ0n) is 20.9. The third-order valence-corrected chi connectivity index (χ3v) is 9.49.